The molecule has 150 valence electrons. The van der Waals surface area contributed by atoms with E-state index in [1.54, 1.807) is 6.07 Å². The molecule has 3 aromatic rings. The maximum Gasteiger partial charge on any atom is 0.274 e. The molecule has 0 radical (unpaired) electrons. The van der Waals surface area contributed by atoms with E-state index in [9.17, 15) is 4.79 Å². The summed E-state index contributed by atoms with van der Waals surface area (Å²) in [6.07, 6.45) is 0. The maximum atomic E-state index is 12.8. The molecule has 0 atom stereocenters. The van der Waals surface area contributed by atoms with Crippen molar-refractivity contribution in [3.63, 3.8) is 0 Å². The number of ether oxygens (including phenoxy) is 1. The van der Waals surface area contributed by atoms with Gasteiger partial charge in [0.05, 0.1) is 6.61 Å². The monoisotopic (exact) mass is 390 g/mol. The Morgan fingerprint density at radius 2 is 1.62 bits per heavy atom. The fourth-order valence-electron chi connectivity index (χ4n) is 3.23. The van der Waals surface area contributed by atoms with E-state index in [1.165, 1.54) is 0 Å². The molecule has 6 heteroatoms. The van der Waals surface area contributed by atoms with Crippen LogP contribution in [0.25, 0.3) is 0 Å². The molecule has 3 rings (SSSR count). The molecule has 0 spiro atoms. The Morgan fingerprint density at radius 3 is 2.24 bits per heavy atom. The second-order valence-electron chi connectivity index (χ2n) is 7.03. The van der Waals surface area contributed by atoms with Crippen molar-refractivity contribution in [2.45, 2.75) is 34.6 Å². The molecule has 0 aliphatic heterocycles. The predicted octanol–water partition coefficient (Wildman–Crippen LogP) is 5.10. The number of anilines is 3. The standard InChI is InChI=1S/C23H26N4O2/c1-6-29-19-9-7-18(8-10-19)25-23-24-17(5)13-20(26-23)22(28)27-21-15(3)11-14(2)12-16(21)4/h7-13H,6H2,1-5H3,(H,27,28)(H,24,25,26). The van der Waals surface area contributed by atoms with Crippen LogP contribution in [0.3, 0.4) is 0 Å². The Hall–Kier alpha value is -3.41. The van der Waals surface area contributed by atoms with E-state index in [4.69, 9.17) is 4.74 Å². The third-order valence-electron chi connectivity index (χ3n) is 4.42. The van der Waals surface area contributed by atoms with Crippen molar-refractivity contribution in [2.24, 2.45) is 0 Å². The molecular weight excluding hydrogens is 364 g/mol. The van der Waals surface area contributed by atoms with Crippen molar-refractivity contribution in [3.8, 4) is 5.75 Å². The first kappa shape index (κ1) is 20.3. The zero-order chi connectivity index (χ0) is 21.0. The van der Waals surface area contributed by atoms with Gasteiger partial charge < -0.3 is 15.4 Å². The van der Waals surface area contributed by atoms with Gasteiger partial charge in [0, 0.05) is 17.1 Å². The summed E-state index contributed by atoms with van der Waals surface area (Å²) in [6, 6.07) is 13.3. The predicted molar refractivity (Wildman–Crippen MR) is 116 cm³/mol. The van der Waals surface area contributed by atoms with E-state index in [1.807, 2.05) is 71.0 Å². The van der Waals surface area contributed by atoms with Crippen molar-refractivity contribution >= 4 is 23.2 Å². The Balaban J connectivity index is 1.80. The van der Waals surface area contributed by atoms with Gasteiger partial charge in [0.1, 0.15) is 11.4 Å². The first-order chi connectivity index (χ1) is 13.9. The Morgan fingerprint density at radius 1 is 0.966 bits per heavy atom. The van der Waals surface area contributed by atoms with E-state index in [-0.39, 0.29) is 5.91 Å². The van der Waals surface area contributed by atoms with Gasteiger partial charge in [-0.3, -0.25) is 4.79 Å². The summed E-state index contributed by atoms with van der Waals surface area (Å²) in [7, 11) is 0. The molecule has 0 aliphatic carbocycles. The van der Waals surface area contributed by atoms with Crippen LogP contribution in [0.15, 0.2) is 42.5 Å². The average molecular weight is 390 g/mol. The number of rotatable bonds is 6. The lowest BCUT2D eigenvalue weighted by atomic mass is 10.0. The number of amides is 1. The zero-order valence-corrected chi connectivity index (χ0v) is 17.5. The number of hydrogen-bond donors (Lipinski definition) is 2. The molecule has 2 N–H and O–H groups in total. The molecule has 0 saturated carbocycles. The molecule has 1 amide bonds. The van der Waals surface area contributed by atoms with Crippen molar-refractivity contribution in [3.05, 3.63) is 70.5 Å². The molecule has 2 aromatic carbocycles. The summed E-state index contributed by atoms with van der Waals surface area (Å²) in [5.74, 6) is 0.907. The van der Waals surface area contributed by atoms with E-state index < -0.39 is 0 Å². The van der Waals surface area contributed by atoms with Crippen LogP contribution >= 0.6 is 0 Å². The first-order valence-corrected chi connectivity index (χ1v) is 9.60. The molecule has 0 fully saturated rings. The van der Waals surface area contributed by atoms with Crippen LogP contribution < -0.4 is 15.4 Å². The number of carbonyl (C=O) groups is 1. The average Bonchev–Trinajstić information content (AvgIpc) is 2.66. The van der Waals surface area contributed by atoms with E-state index in [0.717, 1.165) is 33.8 Å². The van der Waals surface area contributed by atoms with Crippen LogP contribution in [0, 0.1) is 27.7 Å². The Kier molecular flexibility index (Phi) is 6.12. The number of benzene rings is 2. The number of aromatic nitrogens is 2. The van der Waals surface area contributed by atoms with Crippen molar-refractivity contribution in [1.82, 2.24) is 9.97 Å². The molecule has 0 bridgehead atoms. The fourth-order valence-corrected chi connectivity index (χ4v) is 3.23. The molecule has 0 aliphatic rings. The third-order valence-corrected chi connectivity index (χ3v) is 4.42. The van der Waals surface area contributed by atoms with E-state index in [0.29, 0.717) is 23.9 Å². The van der Waals surface area contributed by atoms with Gasteiger partial charge in [-0.05, 0) is 76.1 Å². The van der Waals surface area contributed by atoms with Crippen LogP contribution in [0.1, 0.15) is 39.8 Å². The quantitative estimate of drug-likeness (QED) is 0.612. The molecular formula is C23H26N4O2. The lowest BCUT2D eigenvalue weighted by Crippen LogP contribution is -2.17. The SMILES string of the molecule is CCOc1ccc(Nc2nc(C)cc(C(=O)Nc3c(C)cc(C)cc3C)n2)cc1. The molecule has 1 heterocycles. The van der Waals surface area contributed by atoms with Gasteiger partial charge in [0.15, 0.2) is 0 Å². The molecule has 1 aromatic heterocycles. The minimum atomic E-state index is -0.264. The van der Waals surface area contributed by atoms with Gasteiger partial charge in [0.25, 0.3) is 5.91 Å². The fraction of sp³-hybridized carbons (Fsp3) is 0.261. The van der Waals surface area contributed by atoms with E-state index >= 15 is 0 Å². The number of nitrogens with one attached hydrogen (secondary N) is 2. The summed E-state index contributed by atoms with van der Waals surface area (Å²) in [5, 5.41) is 6.13. The Labute approximate surface area is 171 Å². The highest BCUT2D eigenvalue weighted by atomic mass is 16.5. The summed E-state index contributed by atoms with van der Waals surface area (Å²) in [6.45, 7) is 10.4. The summed E-state index contributed by atoms with van der Waals surface area (Å²) in [4.78, 5) is 21.6. The number of hydrogen-bond acceptors (Lipinski definition) is 5. The van der Waals surface area contributed by atoms with Gasteiger partial charge in [-0.2, -0.15) is 0 Å². The van der Waals surface area contributed by atoms with Crippen LogP contribution in [0.2, 0.25) is 0 Å². The van der Waals surface area contributed by atoms with Gasteiger partial charge in [-0.15, -0.1) is 0 Å². The summed E-state index contributed by atoms with van der Waals surface area (Å²) < 4.78 is 5.45. The lowest BCUT2D eigenvalue weighted by Gasteiger charge is -2.13. The van der Waals surface area contributed by atoms with Gasteiger partial charge in [-0.1, -0.05) is 17.7 Å². The maximum absolute atomic E-state index is 12.8. The minimum absolute atomic E-state index is 0.264. The molecule has 6 nitrogen and oxygen atoms in total. The van der Waals surface area contributed by atoms with Crippen molar-refractivity contribution in [1.29, 1.82) is 0 Å². The van der Waals surface area contributed by atoms with Crippen molar-refractivity contribution in [2.75, 3.05) is 17.2 Å². The summed E-state index contributed by atoms with van der Waals surface area (Å²) >= 11 is 0. The topological polar surface area (TPSA) is 76.1 Å². The summed E-state index contributed by atoms with van der Waals surface area (Å²) in [5.41, 5.74) is 5.86. The van der Waals surface area contributed by atoms with E-state index in [2.05, 4.69) is 20.6 Å². The zero-order valence-electron chi connectivity index (χ0n) is 17.5. The van der Waals surface area contributed by atoms with Crippen LogP contribution in [0.4, 0.5) is 17.3 Å². The van der Waals surface area contributed by atoms with Gasteiger partial charge in [-0.25, -0.2) is 9.97 Å². The molecule has 0 saturated heterocycles. The lowest BCUT2D eigenvalue weighted by molar-refractivity contribution is 0.102. The normalized spacial score (nSPS) is 10.5. The van der Waals surface area contributed by atoms with Crippen LogP contribution in [-0.4, -0.2) is 22.5 Å². The highest BCUT2D eigenvalue weighted by molar-refractivity contribution is 6.04. The highest BCUT2D eigenvalue weighted by Gasteiger charge is 2.14. The van der Waals surface area contributed by atoms with Crippen LogP contribution in [0.5, 0.6) is 5.75 Å². The minimum Gasteiger partial charge on any atom is -0.494 e. The number of nitrogens with zero attached hydrogens (tertiary/aromatic N) is 2. The Bertz CT molecular complexity index is 1010. The second-order valence-corrected chi connectivity index (χ2v) is 7.03. The highest BCUT2D eigenvalue weighted by Crippen LogP contribution is 2.23. The number of carbonyl (C=O) groups excluding carboxylic acids is 1. The van der Waals surface area contributed by atoms with Crippen LogP contribution in [-0.2, 0) is 0 Å². The third kappa shape index (κ3) is 5.10. The second kappa shape index (κ2) is 8.73. The largest absolute Gasteiger partial charge is 0.494 e. The smallest absolute Gasteiger partial charge is 0.274 e. The number of aryl methyl sites for hydroxylation is 4. The van der Waals surface area contributed by atoms with Crippen molar-refractivity contribution < 1.29 is 9.53 Å². The molecule has 29 heavy (non-hydrogen) atoms. The van der Waals surface area contributed by atoms with Gasteiger partial charge >= 0.3 is 0 Å². The first-order valence-electron chi connectivity index (χ1n) is 9.60. The molecule has 0 unspecified atom stereocenters. The van der Waals surface area contributed by atoms with Gasteiger partial charge in [0.2, 0.25) is 5.95 Å².